The summed E-state index contributed by atoms with van der Waals surface area (Å²) in [6.45, 7) is 1.03. The fourth-order valence-corrected chi connectivity index (χ4v) is 2.48. The van der Waals surface area contributed by atoms with Crippen LogP contribution in [0.5, 0.6) is 0 Å². The van der Waals surface area contributed by atoms with Crippen molar-refractivity contribution >= 4 is 17.5 Å². The van der Waals surface area contributed by atoms with E-state index in [0.29, 0.717) is 24.5 Å². The number of ether oxygens (including phenoxy) is 1. The summed E-state index contributed by atoms with van der Waals surface area (Å²) in [7, 11) is 0. The van der Waals surface area contributed by atoms with Crippen LogP contribution in [-0.4, -0.2) is 57.1 Å². The number of rotatable bonds is 3. The number of morpholine rings is 1. The Hall–Kier alpha value is -2.41. The Balaban J connectivity index is 1.86. The van der Waals surface area contributed by atoms with Crippen molar-refractivity contribution in [1.29, 1.82) is 0 Å². The number of imidazole rings is 1. The lowest BCUT2D eigenvalue weighted by molar-refractivity contribution is -0.139. The third-order valence-electron chi connectivity index (χ3n) is 3.48. The van der Waals surface area contributed by atoms with Crippen LogP contribution in [0.15, 0.2) is 30.6 Å². The van der Waals surface area contributed by atoms with Crippen LogP contribution in [0.2, 0.25) is 0 Å². The molecule has 110 valence electrons. The van der Waals surface area contributed by atoms with Gasteiger partial charge in [-0.15, -0.1) is 0 Å². The van der Waals surface area contributed by atoms with Gasteiger partial charge in [-0.25, -0.2) is 4.98 Å². The monoisotopic (exact) mass is 289 g/mol. The van der Waals surface area contributed by atoms with Crippen LogP contribution in [0.1, 0.15) is 16.9 Å². The minimum atomic E-state index is -0.946. The van der Waals surface area contributed by atoms with Gasteiger partial charge in [-0.05, 0) is 12.1 Å². The van der Waals surface area contributed by atoms with E-state index < -0.39 is 12.0 Å². The van der Waals surface area contributed by atoms with E-state index in [4.69, 9.17) is 9.84 Å². The molecule has 3 heterocycles. The Kier molecular flexibility index (Phi) is 3.57. The van der Waals surface area contributed by atoms with Crippen LogP contribution in [-0.2, 0) is 9.53 Å². The smallest absolute Gasteiger partial charge is 0.305 e. The number of nitrogens with zero attached hydrogens (tertiary/aromatic N) is 3. The largest absolute Gasteiger partial charge is 0.481 e. The van der Waals surface area contributed by atoms with Gasteiger partial charge in [0.1, 0.15) is 11.3 Å². The van der Waals surface area contributed by atoms with Crippen molar-refractivity contribution < 1.29 is 19.4 Å². The molecule has 0 radical (unpaired) electrons. The van der Waals surface area contributed by atoms with Gasteiger partial charge in [0.2, 0.25) is 0 Å². The molecule has 0 aromatic carbocycles. The van der Waals surface area contributed by atoms with Crippen molar-refractivity contribution in [2.45, 2.75) is 12.5 Å². The molecule has 3 rings (SSSR count). The number of carboxylic acids is 1. The highest BCUT2D eigenvalue weighted by atomic mass is 16.5. The van der Waals surface area contributed by atoms with Crippen LogP contribution in [0.3, 0.4) is 0 Å². The highest BCUT2D eigenvalue weighted by Gasteiger charge is 2.30. The predicted octanol–water partition coefficient (Wildman–Crippen LogP) is 0.650. The molecule has 1 aliphatic heterocycles. The molecule has 7 nitrogen and oxygen atoms in total. The SMILES string of the molecule is O=C(O)C[C@@H]1COCCN1C(=O)c1cn2ccccc2n1. The number of aromatic nitrogens is 2. The maximum Gasteiger partial charge on any atom is 0.305 e. The van der Waals surface area contributed by atoms with E-state index in [1.54, 1.807) is 15.5 Å². The zero-order valence-electron chi connectivity index (χ0n) is 11.3. The van der Waals surface area contributed by atoms with Gasteiger partial charge < -0.3 is 19.1 Å². The number of carboxylic acid groups (broad SMARTS) is 1. The van der Waals surface area contributed by atoms with Crippen molar-refractivity contribution in [2.24, 2.45) is 0 Å². The normalized spacial score (nSPS) is 18.9. The number of aliphatic carboxylic acids is 1. The second-order valence-corrected chi connectivity index (χ2v) is 4.92. The molecule has 0 unspecified atom stereocenters. The average Bonchev–Trinajstić information content (AvgIpc) is 2.90. The molecular weight excluding hydrogens is 274 g/mol. The van der Waals surface area contributed by atoms with Gasteiger partial charge in [0, 0.05) is 18.9 Å². The summed E-state index contributed by atoms with van der Waals surface area (Å²) in [6, 6.07) is 5.06. The van der Waals surface area contributed by atoms with Crippen molar-refractivity contribution in [3.05, 3.63) is 36.3 Å². The van der Waals surface area contributed by atoms with E-state index >= 15 is 0 Å². The molecule has 1 fully saturated rings. The molecule has 1 atom stereocenters. The fraction of sp³-hybridized carbons (Fsp3) is 0.357. The Labute approximate surface area is 120 Å². The fourth-order valence-electron chi connectivity index (χ4n) is 2.48. The maximum absolute atomic E-state index is 12.6. The lowest BCUT2D eigenvalue weighted by Gasteiger charge is -2.34. The number of carbonyl (C=O) groups is 2. The summed E-state index contributed by atoms with van der Waals surface area (Å²) in [4.78, 5) is 29.3. The van der Waals surface area contributed by atoms with Gasteiger partial charge in [0.15, 0.2) is 0 Å². The second kappa shape index (κ2) is 5.53. The average molecular weight is 289 g/mol. The first-order valence-corrected chi connectivity index (χ1v) is 6.69. The molecule has 1 aliphatic rings. The maximum atomic E-state index is 12.6. The van der Waals surface area contributed by atoms with Crippen LogP contribution < -0.4 is 0 Å². The molecule has 2 aromatic heterocycles. The standard InChI is InChI=1S/C14H15N3O4/c18-13(19)7-10-9-21-6-5-17(10)14(20)11-8-16-4-2-1-3-12(16)15-11/h1-4,8,10H,5-7,9H2,(H,18,19)/t10-/m1/s1. The molecule has 0 aliphatic carbocycles. The molecule has 1 amide bonds. The third-order valence-corrected chi connectivity index (χ3v) is 3.48. The molecule has 0 bridgehead atoms. The second-order valence-electron chi connectivity index (χ2n) is 4.92. The first kappa shape index (κ1) is 13.6. The van der Waals surface area contributed by atoms with Gasteiger partial charge in [0.05, 0.1) is 25.7 Å². The van der Waals surface area contributed by atoms with E-state index in [2.05, 4.69) is 4.98 Å². The van der Waals surface area contributed by atoms with Gasteiger partial charge in [-0.3, -0.25) is 9.59 Å². The summed E-state index contributed by atoms with van der Waals surface area (Å²) >= 11 is 0. The first-order chi connectivity index (χ1) is 10.1. The van der Waals surface area contributed by atoms with Crippen LogP contribution in [0.4, 0.5) is 0 Å². The van der Waals surface area contributed by atoms with E-state index in [0.717, 1.165) is 0 Å². The molecule has 0 spiro atoms. The summed E-state index contributed by atoms with van der Waals surface area (Å²) < 4.78 is 7.04. The van der Waals surface area contributed by atoms with Gasteiger partial charge in [-0.2, -0.15) is 0 Å². The molecular formula is C14H15N3O4. The molecule has 7 heteroatoms. The lowest BCUT2D eigenvalue weighted by atomic mass is 10.1. The van der Waals surface area contributed by atoms with Crippen molar-refractivity contribution in [3.8, 4) is 0 Å². The predicted molar refractivity (Wildman–Crippen MR) is 73.1 cm³/mol. The lowest BCUT2D eigenvalue weighted by Crippen LogP contribution is -2.49. The zero-order chi connectivity index (χ0) is 14.8. The minimum absolute atomic E-state index is 0.126. The van der Waals surface area contributed by atoms with Gasteiger partial charge in [0.25, 0.3) is 5.91 Å². The van der Waals surface area contributed by atoms with Crippen LogP contribution in [0.25, 0.3) is 5.65 Å². The van der Waals surface area contributed by atoms with Crippen molar-refractivity contribution in [3.63, 3.8) is 0 Å². The Morgan fingerprint density at radius 1 is 1.43 bits per heavy atom. The number of carbonyl (C=O) groups excluding carboxylic acids is 1. The molecule has 1 saturated heterocycles. The number of hydrogen-bond donors (Lipinski definition) is 1. The first-order valence-electron chi connectivity index (χ1n) is 6.69. The van der Waals surface area contributed by atoms with E-state index in [9.17, 15) is 9.59 Å². The number of fused-ring (bicyclic) bond motifs is 1. The number of hydrogen-bond acceptors (Lipinski definition) is 4. The van der Waals surface area contributed by atoms with E-state index in [1.165, 1.54) is 0 Å². The zero-order valence-corrected chi connectivity index (χ0v) is 11.3. The Morgan fingerprint density at radius 2 is 2.29 bits per heavy atom. The highest BCUT2D eigenvalue weighted by Crippen LogP contribution is 2.15. The summed E-state index contributed by atoms with van der Waals surface area (Å²) in [5.74, 6) is -1.20. The van der Waals surface area contributed by atoms with Crippen LogP contribution in [0, 0.1) is 0 Å². The third kappa shape index (κ3) is 2.73. The minimum Gasteiger partial charge on any atom is -0.481 e. The van der Waals surface area contributed by atoms with E-state index in [-0.39, 0.29) is 18.9 Å². The summed E-state index contributed by atoms with van der Waals surface area (Å²) in [5.41, 5.74) is 1.00. The Morgan fingerprint density at radius 3 is 3.05 bits per heavy atom. The van der Waals surface area contributed by atoms with Crippen LogP contribution >= 0.6 is 0 Å². The summed E-state index contributed by atoms with van der Waals surface area (Å²) in [6.07, 6.45) is 3.34. The Bertz CT molecular complexity index is 649. The van der Waals surface area contributed by atoms with Gasteiger partial charge >= 0.3 is 5.97 Å². The highest BCUT2D eigenvalue weighted by molar-refractivity contribution is 5.93. The summed E-state index contributed by atoms with van der Waals surface area (Å²) in [5, 5.41) is 8.94. The van der Waals surface area contributed by atoms with Gasteiger partial charge in [-0.1, -0.05) is 6.07 Å². The van der Waals surface area contributed by atoms with Crippen molar-refractivity contribution in [1.82, 2.24) is 14.3 Å². The molecule has 1 N–H and O–H groups in total. The molecule has 2 aromatic rings. The quantitative estimate of drug-likeness (QED) is 0.897. The topological polar surface area (TPSA) is 84.1 Å². The van der Waals surface area contributed by atoms with Crippen molar-refractivity contribution in [2.75, 3.05) is 19.8 Å². The molecule has 21 heavy (non-hydrogen) atoms. The molecule has 0 saturated carbocycles. The van der Waals surface area contributed by atoms with E-state index in [1.807, 2.05) is 24.4 Å². The number of pyridine rings is 1. The number of amides is 1.